The summed E-state index contributed by atoms with van der Waals surface area (Å²) in [5.74, 6) is 5.62. The van der Waals surface area contributed by atoms with E-state index in [1.165, 1.54) is 5.56 Å². The minimum absolute atomic E-state index is 0.0174. The summed E-state index contributed by atoms with van der Waals surface area (Å²) in [6.07, 6.45) is 6.93. The second-order valence-electron chi connectivity index (χ2n) is 3.96. The van der Waals surface area contributed by atoms with Gasteiger partial charge in [0.2, 0.25) is 0 Å². The number of furan rings is 1. The summed E-state index contributed by atoms with van der Waals surface area (Å²) >= 11 is 0. The first kappa shape index (κ1) is 11.8. The van der Waals surface area contributed by atoms with Crippen molar-refractivity contribution in [2.45, 2.75) is 25.8 Å². The summed E-state index contributed by atoms with van der Waals surface area (Å²) in [6.45, 7) is 2.12. The van der Waals surface area contributed by atoms with E-state index in [1.807, 2.05) is 12.1 Å². The number of nitrogens with two attached hydrogens (primary N) is 1. The molecule has 90 valence electrons. The van der Waals surface area contributed by atoms with Crippen LogP contribution in [-0.2, 0) is 12.8 Å². The van der Waals surface area contributed by atoms with Crippen LogP contribution >= 0.6 is 0 Å². The molecule has 0 aliphatic rings. The van der Waals surface area contributed by atoms with E-state index in [9.17, 15) is 0 Å². The molecule has 1 atom stereocenters. The van der Waals surface area contributed by atoms with Crippen LogP contribution in [0, 0.1) is 0 Å². The van der Waals surface area contributed by atoms with Gasteiger partial charge in [-0.05, 0) is 36.1 Å². The van der Waals surface area contributed by atoms with Crippen molar-refractivity contribution in [2.75, 3.05) is 0 Å². The molecule has 0 amide bonds. The standard InChI is InChI=1S/C13H17N3O/c1-2-11-4-3-6-15-13(11)12(16-14)8-10-5-7-17-9-10/h3-7,9,12,16H,2,8,14H2,1H3. The molecule has 2 rings (SSSR count). The van der Waals surface area contributed by atoms with Gasteiger partial charge < -0.3 is 4.42 Å². The van der Waals surface area contributed by atoms with Gasteiger partial charge in [-0.3, -0.25) is 16.3 Å². The van der Waals surface area contributed by atoms with Crippen molar-refractivity contribution in [3.05, 3.63) is 53.7 Å². The molecule has 0 saturated heterocycles. The highest BCUT2D eigenvalue weighted by molar-refractivity contribution is 5.24. The fraction of sp³-hybridized carbons (Fsp3) is 0.308. The van der Waals surface area contributed by atoms with Crippen LogP contribution in [0.5, 0.6) is 0 Å². The normalized spacial score (nSPS) is 12.6. The number of aromatic nitrogens is 1. The van der Waals surface area contributed by atoms with Gasteiger partial charge in [-0.1, -0.05) is 13.0 Å². The quantitative estimate of drug-likeness (QED) is 0.610. The van der Waals surface area contributed by atoms with E-state index in [1.54, 1.807) is 18.7 Å². The lowest BCUT2D eigenvalue weighted by molar-refractivity contribution is 0.523. The fourth-order valence-corrected chi connectivity index (χ4v) is 1.94. The van der Waals surface area contributed by atoms with Crippen molar-refractivity contribution in [1.82, 2.24) is 10.4 Å². The van der Waals surface area contributed by atoms with Gasteiger partial charge in [-0.15, -0.1) is 0 Å². The molecule has 1 unspecified atom stereocenters. The molecule has 0 saturated carbocycles. The zero-order valence-electron chi connectivity index (χ0n) is 9.89. The van der Waals surface area contributed by atoms with Gasteiger partial charge in [0.05, 0.1) is 24.3 Å². The molecule has 2 aromatic rings. The molecule has 0 aliphatic carbocycles. The van der Waals surface area contributed by atoms with E-state index >= 15 is 0 Å². The van der Waals surface area contributed by atoms with Gasteiger partial charge in [0.25, 0.3) is 0 Å². The Kier molecular flexibility index (Phi) is 3.90. The summed E-state index contributed by atoms with van der Waals surface area (Å²) < 4.78 is 5.06. The zero-order valence-corrected chi connectivity index (χ0v) is 9.89. The van der Waals surface area contributed by atoms with Crippen molar-refractivity contribution < 1.29 is 4.42 Å². The molecule has 0 radical (unpaired) electrons. The number of nitrogens with one attached hydrogen (secondary N) is 1. The van der Waals surface area contributed by atoms with Crippen molar-refractivity contribution >= 4 is 0 Å². The topological polar surface area (TPSA) is 64.1 Å². The van der Waals surface area contributed by atoms with E-state index in [-0.39, 0.29) is 6.04 Å². The lowest BCUT2D eigenvalue weighted by Crippen LogP contribution is -2.31. The van der Waals surface area contributed by atoms with Crippen molar-refractivity contribution in [1.29, 1.82) is 0 Å². The largest absolute Gasteiger partial charge is 0.472 e. The maximum Gasteiger partial charge on any atom is 0.0935 e. The molecular formula is C13H17N3O. The molecule has 0 bridgehead atoms. The highest BCUT2D eigenvalue weighted by Gasteiger charge is 2.15. The molecule has 2 aromatic heterocycles. The average molecular weight is 231 g/mol. The lowest BCUT2D eigenvalue weighted by atomic mass is 10.0. The Morgan fingerprint density at radius 1 is 1.47 bits per heavy atom. The fourth-order valence-electron chi connectivity index (χ4n) is 1.94. The van der Waals surface area contributed by atoms with Gasteiger partial charge in [0.1, 0.15) is 0 Å². The number of nitrogens with zero attached hydrogens (tertiary/aromatic N) is 1. The number of hydrogen-bond acceptors (Lipinski definition) is 4. The predicted molar refractivity (Wildman–Crippen MR) is 66.1 cm³/mol. The number of aryl methyl sites for hydroxylation is 1. The maximum absolute atomic E-state index is 5.62. The first-order chi connectivity index (χ1) is 8.35. The van der Waals surface area contributed by atoms with Gasteiger partial charge in [-0.2, -0.15) is 0 Å². The minimum Gasteiger partial charge on any atom is -0.472 e. The monoisotopic (exact) mass is 231 g/mol. The summed E-state index contributed by atoms with van der Waals surface area (Å²) in [5.41, 5.74) is 6.17. The number of hydrogen-bond donors (Lipinski definition) is 2. The van der Waals surface area contributed by atoms with Crippen molar-refractivity contribution in [3.8, 4) is 0 Å². The number of rotatable bonds is 5. The van der Waals surface area contributed by atoms with Gasteiger partial charge >= 0.3 is 0 Å². The second-order valence-corrected chi connectivity index (χ2v) is 3.96. The van der Waals surface area contributed by atoms with Crippen LogP contribution in [0.25, 0.3) is 0 Å². The molecule has 0 fully saturated rings. The van der Waals surface area contributed by atoms with Crippen LogP contribution < -0.4 is 11.3 Å². The van der Waals surface area contributed by atoms with Gasteiger partial charge in [0, 0.05) is 6.20 Å². The molecule has 0 aromatic carbocycles. The molecule has 2 heterocycles. The van der Waals surface area contributed by atoms with Crippen molar-refractivity contribution in [3.63, 3.8) is 0 Å². The molecule has 0 spiro atoms. The summed E-state index contributed by atoms with van der Waals surface area (Å²) in [7, 11) is 0. The first-order valence-electron chi connectivity index (χ1n) is 5.76. The van der Waals surface area contributed by atoms with Crippen LogP contribution in [0.2, 0.25) is 0 Å². The van der Waals surface area contributed by atoms with E-state index in [0.29, 0.717) is 0 Å². The Balaban J connectivity index is 2.22. The Morgan fingerprint density at radius 3 is 3.00 bits per heavy atom. The van der Waals surface area contributed by atoms with E-state index in [4.69, 9.17) is 10.3 Å². The highest BCUT2D eigenvalue weighted by Crippen LogP contribution is 2.19. The van der Waals surface area contributed by atoms with E-state index in [2.05, 4.69) is 23.4 Å². The molecule has 4 nitrogen and oxygen atoms in total. The van der Waals surface area contributed by atoms with Crippen LogP contribution in [0.3, 0.4) is 0 Å². The molecule has 0 aliphatic heterocycles. The summed E-state index contributed by atoms with van der Waals surface area (Å²) in [4.78, 5) is 4.43. The molecular weight excluding hydrogens is 214 g/mol. The van der Waals surface area contributed by atoms with Gasteiger partial charge in [-0.25, -0.2) is 0 Å². The molecule has 4 heteroatoms. The second kappa shape index (κ2) is 5.61. The van der Waals surface area contributed by atoms with Gasteiger partial charge in [0.15, 0.2) is 0 Å². The maximum atomic E-state index is 5.62. The Labute approximate surface area is 101 Å². The Morgan fingerprint density at radius 2 is 2.35 bits per heavy atom. The van der Waals surface area contributed by atoms with Crippen LogP contribution in [0.15, 0.2) is 41.3 Å². The number of pyridine rings is 1. The van der Waals surface area contributed by atoms with Crippen LogP contribution in [0.4, 0.5) is 0 Å². The highest BCUT2D eigenvalue weighted by atomic mass is 16.3. The SMILES string of the molecule is CCc1cccnc1C(Cc1ccoc1)NN. The minimum atomic E-state index is 0.0174. The number of hydrazine groups is 1. The first-order valence-corrected chi connectivity index (χ1v) is 5.76. The molecule has 17 heavy (non-hydrogen) atoms. The summed E-state index contributed by atoms with van der Waals surface area (Å²) in [5, 5.41) is 0. The van der Waals surface area contributed by atoms with E-state index < -0.39 is 0 Å². The lowest BCUT2D eigenvalue weighted by Gasteiger charge is -2.17. The predicted octanol–water partition coefficient (Wildman–Crippen LogP) is 1.98. The Hall–Kier alpha value is -1.65. The average Bonchev–Trinajstić information content (AvgIpc) is 2.89. The third-order valence-corrected chi connectivity index (χ3v) is 2.86. The smallest absolute Gasteiger partial charge is 0.0935 e. The molecule has 3 N–H and O–H groups in total. The van der Waals surface area contributed by atoms with Crippen LogP contribution in [-0.4, -0.2) is 4.98 Å². The van der Waals surface area contributed by atoms with E-state index in [0.717, 1.165) is 24.1 Å². The Bertz CT molecular complexity index is 453. The zero-order chi connectivity index (χ0) is 12.1. The van der Waals surface area contributed by atoms with Crippen LogP contribution in [0.1, 0.15) is 29.8 Å². The summed E-state index contributed by atoms with van der Waals surface area (Å²) in [6, 6.07) is 6.00. The van der Waals surface area contributed by atoms with Crippen molar-refractivity contribution in [2.24, 2.45) is 5.84 Å². The third kappa shape index (κ3) is 2.72. The third-order valence-electron chi connectivity index (χ3n) is 2.86.